The number of aromatic nitrogens is 1. The molecule has 0 bridgehead atoms. The lowest BCUT2D eigenvalue weighted by Gasteiger charge is -2.00. The zero-order valence-electron chi connectivity index (χ0n) is 7.25. The number of rotatable bonds is 1. The maximum Gasteiger partial charge on any atom is 0.217 e. The summed E-state index contributed by atoms with van der Waals surface area (Å²) in [6, 6.07) is 0.371. The van der Waals surface area contributed by atoms with Gasteiger partial charge in [0.25, 0.3) is 0 Å². The zero-order chi connectivity index (χ0) is 9.26. The van der Waals surface area contributed by atoms with E-state index in [2.05, 4.69) is 25.9 Å². The van der Waals surface area contributed by atoms with Gasteiger partial charge in [-0.25, -0.2) is 4.99 Å². The molecular formula is C8H7BrN2O. The summed E-state index contributed by atoms with van der Waals surface area (Å²) in [5.74, 6) is 0.527. The summed E-state index contributed by atoms with van der Waals surface area (Å²) in [4.78, 5) is 8.08. The first-order chi connectivity index (χ1) is 6.29. The zero-order valence-corrected chi connectivity index (χ0v) is 7.84. The molecule has 0 aromatic carbocycles. The van der Waals surface area contributed by atoms with Crippen molar-refractivity contribution in [3.05, 3.63) is 28.5 Å². The number of aliphatic imine (C=N–C) groups is 1. The van der Waals surface area contributed by atoms with Gasteiger partial charge in [0.15, 0.2) is 0 Å². The molecule has 2 rings (SSSR count). The van der Waals surface area contributed by atoms with Crippen LogP contribution in [-0.2, 0) is 4.74 Å². The largest absolute Gasteiger partial charge is 0.475 e. The molecule has 1 aliphatic rings. The molecule has 0 spiro atoms. The fourth-order valence-electron chi connectivity index (χ4n) is 0.977. The van der Waals surface area contributed by atoms with Gasteiger partial charge in [0.05, 0.1) is 13.5 Å². The summed E-state index contributed by atoms with van der Waals surface area (Å²) in [7, 11) is 0. The maximum absolute atomic E-state index is 7.71. The first kappa shape index (κ1) is 6.60. The van der Waals surface area contributed by atoms with Crippen LogP contribution in [-0.4, -0.2) is 24.0 Å². The van der Waals surface area contributed by atoms with Gasteiger partial charge in [0.2, 0.25) is 5.90 Å². The second-order valence-electron chi connectivity index (χ2n) is 2.33. The Kier molecular flexibility index (Phi) is 1.77. The number of hydrogen-bond donors (Lipinski definition) is 0. The van der Waals surface area contributed by atoms with Crippen LogP contribution >= 0.6 is 15.9 Å². The Labute approximate surface area is 80.0 Å². The summed E-state index contributed by atoms with van der Waals surface area (Å²) in [6.07, 6.45) is 3.18. The summed E-state index contributed by atoms with van der Waals surface area (Å²) in [5.41, 5.74) is 0.645. The normalized spacial score (nSPS) is 16.8. The minimum Gasteiger partial charge on any atom is -0.475 e. The predicted molar refractivity (Wildman–Crippen MR) is 49.3 cm³/mol. The predicted octanol–water partition coefficient (Wildman–Crippen LogP) is 1.62. The highest BCUT2D eigenvalue weighted by Gasteiger charge is 2.09. The Balaban J connectivity index is 2.45. The number of halogens is 1. The van der Waals surface area contributed by atoms with E-state index in [1.54, 1.807) is 12.4 Å². The Morgan fingerprint density at radius 1 is 1.58 bits per heavy atom. The average Bonchev–Trinajstić information content (AvgIpc) is 2.62. The highest BCUT2D eigenvalue weighted by molar-refractivity contribution is 9.10. The van der Waals surface area contributed by atoms with Crippen molar-refractivity contribution in [1.29, 1.82) is 0 Å². The quantitative estimate of drug-likeness (QED) is 0.731. The molecule has 0 aliphatic carbocycles. The molecule has 4 heteroatoms. The van der Waals surface area contributed by atoms with Gasteiger partial charge < -0.3 is 4.74 Å². The van der Waals surface area contributed by atoms with Gasteiger partial charge in [-0.15, -0.1) is 0 Å². The Bertz CT molecular complexity index is 367. The van der Waals surface area contributed by atoms with E-state index in [4.69, 9.17) is 6.11 Å². The molecule has 0 fully saturated rings. The van der Waals surface area contributed by atoms with Gasteiger partial charge in [-0.1, -0.05) is 0 Å². The SMILES string of the molecule is [2H]c1c(Br)cncc1C1=NCCO1. The van der Waals surface area contributed by atoms with Gasteiger partial charge in [-0.2, -0.15) is 0 Å². The number of ether oxygens (including phenoxy) is 1. The van der Waals surface area contributed by atoms with Crippen LogP contribution in [0.5, 0.6) is 0 Å². The van der Waals surface area contributed by atoms with E-state index in [1.165, 1.54) is 0 Å². The van der Waals surface area contributed by atoms with Crippen molar-refractivity contribution in [1.82, 2.24) is 4.98 Å². The molecule has 12 heavy (non-hydrogen) atoms. The number of nitrogens with zero attached hydrogens (tertiary/aromatic N) is 2. The van der Waals surface area contributed by atoms with Crippen molar-refractivity contribution in [3.8, 4) is 0 Å². The molecule has 1 aromatic rings. The van der Waals surface area contributed by atoms with Crippen LogP contribution < -0.4 is 0 Å². The second kappa shape index (κ2) is 3.23. The fourth-order valence-corrected chi connectivity index (χ4v) is 1.31. The van der Waals surface area contributed by atoms with Crippen LogP contribution in [0.1, 0.15) is 6.93 Å². The van der Waals surface area contributed by atoms with Crippen LogP contribution in [0.2, 0.25) is 0 Å². The van der Waals surface area contributed by atoms with Gasteiger partial charge in [-0.3, -0.25) is 4.98 Å². The van der Waals surface area contributed by atoms with Crippen LogP contribution in [0.3, 0.4) is 0 Å². The van der Waals surface area contributed by atoms with E-state index < -0.39 is 0 Å². The van der Waals surface area contributed by atoms with Crippen molar-refractivity contribution in [2.24, 2.45) is 4.99 Å². The van der Waals surface area contributed by atoms with Crippen molar-refractivity contribution in [3.63, 3.8) is 0 Å². The molecule has 1 aromatic heterocycles. The smallest absolute Gasteiger partial charge is 0.217 e. The molecule has 0 radical (unpaired) electrons. The van der Waals surface area contributed by atoms with Crippen molar-refractivity contribution in [2.45, 2.75) is 0 Å². The molecule has 2 heterocycles. The Hall–Kier alpha value is -0.900. The van der Waals surface area contributed by atoms with Gasteiger partial charge in [-0.05, 0) is 22.0 Å². The first-order valence-corrected chi connectivity index (χ1v) is 4.36. The molecule has 0 unspecified atom stereocenters. The third-order valence-electron chi connectivity index (χ3n) is 1.46. The van der Waals surface area contributed by atoms with E-state index in [0.29, 0.717) is 35.1 Å². The lowest BCUT2D eigenvalue weighted by Crippen LogP contribution is -2.01. The molecule has 0 saturated heterocycles. The van der Waals surface area contributed by atoms with Crippen LogP contribution in [0.25, 0.3) is 0 Å². The molecule has 0 N–H and O–H groups in total. The van der Waals surface area contributed by atoms with Gasteiger partial charge in [0, 0.05) is 16.9 Å². The lowest BCUT2D eigenvalue weighted by molar-refractivity contribution is 0.348. The monoisotopic (exact) mass is 227 g/mol. The minimum absolute atomic E-state index is 0.371. The van der Waals surface area contributed by atoms with Crippen molar-refractivity contribution in [2.75, 3.05) is 13.2 Å². The van der Waals surface area contributed by atoms with Gasteiger partial charge >= 0.3 is 0 Å². The topological polar surface area (TPSA) is 34.5 Å². The summed E-state index contributed by atoms with van der Waals surface area (Å²) in [6.45, 7) is 1.27. The fraction of sp³-hybridized carbons (Fsp3) is 0.250. The molecule has 3 nitrogen and oxygen atoms in total. The Morgan fingerprint density at radius 3 is 3.25 bits per heavy atom. The summed E-state index contributed by atoms with van der Waals surface area (Å²) in [5, 5.41) is 0. The lowest BCUT2D eigenvalue weighted by atomic mass is 10.3. The minimum atomic E-state index is 0.371. The Morgan fingerprint density at radius 2 is 2.50 bits per heavy atom. The average molecular weight is 228 g/mol. The molecule has 0 saturated carbocycles. The van der Waals surface area contributed by atoms with Crippen molar-refractivity contribution >= 4 is 21.8 Å². The molecule has 0 atom stereocenters. The van der Waals surface area contributed by atoms with Crippen LogP contribution in [0.4, 0.5) is 0 Å². The second-order valence-corrected chi connectivity index (χ2v) is 3.18. The maximum atomic E-state index is 7.71. The van der Waals surface area contributed by atoms with Gasteiger partial charge in [0.1, 0.15) is 6.61 Å². The summed E-state index contributed by atoms with van der Waals surface area (Å²) < 4.78 is 13.6. The third-order valence-corrected chi connectivity index (χ3v) is 1.86. The molecular weight excluding hydrogens is 220 g/mol. The standard InChI is InChI=1S/C8H7BrN2O/c9-7-3-6(4-10-5-7)8-11-1-2-12-8/h3-5H,1-2H2/i3D. The van der Waals surface area contributed by atoms with Crippen LogP contribution in [0.15, 0.2) is 27.9 Å². The summed E-state index contributed by atoms with van der Waals surface area (Å²) >= 11 is 3.23. The van der Waals surface area contributed by atoms with Crippen LogP contribution in [0, 0.1) is 0 Å². The third kappa shape index (κ3) is 1.48. The van der Waals surface area contributed by atoms with E-state index in [-0.39, 0.29) is 0 Å². The highest BCUT2D eigenvalue weighted by Crippen LogP contribution is 2.12. The molecule has 62 valence electrons. The van der Waals surface area contributed by atoms with E-state index in [1.807, 2.05) is 0 Å². The van der Waals surface area contributed by atoms with E-state index in [0.717, 1.165) is 0 Å². The number of hydrogen-bond acceptors (Lipinski definition) is 3. The van der Waals surface area contributed by atoms with Crippen molar-refractivity contribution < 1.29 is 6.11 Å². The van der Waals surface area contributed by atoms with E-state index >= 15 is 0 Å². The molecule has 0 amide bonds. The van der Waals surface area contributed by atoms with E-state index in [9.17, 15) is 0 Å². The first-order valence-electron chi connectivity index (χ1n) is 4.07. The number of pyridine rings is 1. The highest BCUT2D eigenvalue weighted by atomic mass is 79.9. The molecule has 1 aliphatic heterocycles.